The van der Waals surface area contributed by atoms with Crippen LogP contribution in [0.3, 0.4) is 0 Å². The molecule has 4 aromatic rings. The second kappa shape index (κ2) is 7.04. The van der Waals surface area contributed by atoms with Crippen LogP contribution in [0.1, 0.15) is 19.4 Å². The smallest absolute Gasteiger partial charge is 0.139 e. The summed E-state index contributed by atoms with van der Waals surface area (Å²) in [6.45, 7) is 4.04. The highest BCUT2D eigenvalue weighted by Gasteiger charge is 2.10. The van der Waals surface area contributed by atoms with Gasteiger partial charge in [-0.15, -0.1) is 0 Å². The minimum absolute atomic E-state index is 0.0364. The highest BCUT2D eigenvalue weighted by Crippen LogP contribution is 2.31. The molecule has 0 aliphatic carbocycles. The van der Waals surface area contributed by atoms with Crippen molar-refractivity contribution < 1.29 is 5.11 Å². The average Bonchev–Trinajstić information content (AvgIpc) is 3.05. The summed E-state index contributed by atoms with van der Waals surface area (Å²) in [6.07, 6.45) is 0. The molecule has 0 saturated carbocycles. The third kappa shape index (κ3) is 3.01. The quantitative estimate of drug-likeness (QED) is 0.470. The van der Waals surface area contributed by atoms with Crippen LogP contribution in [0.2, 0.25) is 5.15 Å². The summed E-state index contributed by atoms with van der Waals surface area (Å²) in [5.41, 5.74) is 4.59. The van der Waals surface area contributed by atoms with Gasteiger partial charge in [-0.3, -0.25) is 0 Å². The van der Waals surface area contributed by atoms with Gasteiger partial charge in [0, 0.05) is 27.5 Å². The first-order valence-corrected chi connectivity index (χ1v) is 8.40. The average molecular weight is 339 g/mol. The molecule has 0 unspecified atom stereocenters. The number of nitrogens with one attached hydrogen (secondary N) is 1. The Balaban J connectivity index is 0.000000815. The van der Waals surface area contributed by atoms with Crippen LogP contribution in [0.25, 0.3) is 33.1 Å². The van der Waals surface area contributed by atoms with Crippen molar-refractivity contribution in [2.75, 3.05) is 0 Å². The number of pyridine rings is 1. The first kappa shape index (κ1) is 16.5. The van der Waals surface area contributed by atoms with Gasteiger partial charge in [0.15, 0.2) is 0 Å². The molecule has 0 atom stereocenters. The lowest BCUT2D eigenvalue weighted by Crippen LogP contribution is -1.85. The van der Waals surface area contributed by atoms with Crippen LogP contribution >= 0.6 is 11.6 Å². The van der Waals surface area contributed by atoms with Crippen LogP contribution in [0.5, 0.6) is 0 Å². The number of para-hydroxylation sites is 1. The van der Waals surface area contributed by atoms with Crippen LogP contribution in [0.4, 0.5) is 0 Å². The first-order valence-electron chi connectivity index (χ1n) is 8.03. The van der Waals surface area contributed by atoms with E-state index in [1.54, 1.807) is 0 Å². The van der Waals surface area contributed by atoms with Crippen LogP contribution < -0.4 is 0 Å². The van der Waals surface area contributed by atoms with Crippen molar-refractivity contribution in [1.82, 2.24) is 9.97 Å². The van der Waals surface area contributed by atoms with E-state index in [2.05, 4.69) is 9.97 Å². The molecule has 2 aromatic heterocycles. The van der Waals surface area contributed by atoms with Gasteiger partial charge in [-0.05, 0) is 35.9 Å². The normalized spacial score (nSPS) is 10.7. The number of aliphatic hydroxyl groups is 1. The van der Waals surface area contributed by atoms with Crippen molar-refractivity contribution in [3.05, 3.63) is 65.3 Å². The fourth-order valence-electron chi connectivity index (χ4n) is 2.71. The molecule has 0 saturated heterocycles. The largest absolute Gasteiger partial charge is 0.392 e. The van der Waals surface area contributed by atoms with E-state index in [1.165, 1.54) is 0 Å². The number of hydrogen-bond acceptors (Lipinski definition) is 2. The number of benzene rings is 2. The molecule has 0 bridgehead atoms. The van der Waals surface area contributed by atoms with E-state index in [0.29, 0.717) is 5.15 Å². The maximum Gasteiger partial charge on any atom is 0.139 e. The second-order valence-electron chi connectivity index (χ2n) is 5.28. The Bertz CT molecular complexity index is 991. The third-order valence-electron chi connectivity index (χ3n) is 3.84. The minimum atomic E-state index is 0.0364. The SMILES string of the molecule is CC.OCc1ccc2[nH]c(-c3cc4ccccc4nc3Cl)cc2c1. The fourth-order valence-corrected chi connectivity index (χ4v) is 2.95. The van der Waals surface area contributed by atoms with Gasteiger partial charge < -0.3 is 10.1 Å². The van der Waals surface area contributed by atoms with Gasteiger partial charge in [0.1, 0.15) is 5.15 Å². The molecule has 0 aliphatic rings. The van der Waals surface area contributed by atoms with Crippen molar-refractivity contribution in [1.29, 1.82) is 0 Å². The van der Waals surface area contributed by atoms with Gasteiger partial charge in [0.25, 0.3) is 0 Å². The van der Waals surface area contributed by atoms with Crippen LogP contribution in [-0.2, 0) is 6.61 Å². The Morgan fingerprint density at radius 3 is 2.58 bits per heavy atom. The number of aromatic nitrogens is 2. The number of H-pyrrole nitrogens is 1. The molecule has 2 N–H and O–H groups in total. The van der Waals surface area contributed by atoms with E-state index in [-0.39, 0.29) is 6.61 Å². The van der Waals surface area contributed by atoms with Crippen molar-refractivity contribution in [3.63, 3.8) is 0 Å². The van der Waals surface area contributed by atoms with E-state index < -0.39 is 0 Å². The Morgan fingerprint density at radius 2 is 1.79 bits per heavy atom. The van der Waals surface area contributed by atoms with Crippen molar-refractivity contribution in [2.24, 2.45) is 0 Å². The molecule has 0 spiro atoms. The zero-order valence-electron chi connectivity index (χ0n) is 13.7. The number of rotatable bonds is 2. The van der Waals surface area contributed by atoms with E-state index in [1.807, 2.05) is 68.4 Å². The summed E-state index contributed by atoms with van der Waals surface area (Å²) in [6, 6.07) is 17.8. The van der Waals surface area contributed by atoms with E-state index in [0.717, 1.165) is 38.6 Å². The zero-order chi connectivity index (χ0) is 17.1. The maximum absolute atomic E-state index is 9.24. The summed E-state index contributed by atoms with van der Waals surface area (Å²) in [4.78, 5) is 7.82. The van der Waals surface area contributed by atoms with E-state index in [4.69, 9.17) is 11.6 Å². The predicted octanol–water partition coefficient (Wildman–Crippen LogP) is 5.56. The molecule has 2 aromatic carbocycles. The second-order valence-corrected chi connectivity index (χ2v) is 5.64. The molecular formula is C20H19ClN2O. The topological polar surface area (TPSA) is 48.9 Å². The Morgan fingerprint density at radius 1 is 1.00 bits per heavy atom. The Hall–Kier alpha value is -2.36. The molecule has 4 heteroatoms. The maximum atomic E-state index is 9.24. The standard InChI is InChI=1S/C18H13ClN2O.C2H6/c19-18-14(8-12-3-1-2-4-15(12)21-18)17-9-13-7-11(10-22)5-6-16(13)20-17;1-2/h1-9,20,22H,10H2;1-2H3. The number of hydrogen-bond donors (Lipinski definition) is 2. The lowest BCUT2D eigenvalue weighted by atomic mass is 10.1. The summed E-state index contributed by atoms with van der Waals surface area (Å²) < 4.78 is 0. The van der Waals surface area contributed by atoms with E-state index >= 15 is 0 Å². The van der Waals surface area contributed by atoms with Crippen LogP contribution in [-0.4, -0.2) is 15.1 Å². The van der Waals surface area contributed by atoms with Gasteiger partial charge in [-0.25, -0.2) is 4.98 Å². The predicted molar refractivity (Wildman–Crippen MR) is 101 cm³/mol. The zero-order valence-corrected chi connectivity index (χ0v) is 14.4. The molecule has 0 radical (unpaired) electrons. The van der Waals surface area contributed by atoms with Gasteiger partial charge >= 0.3 is 0 Å². The number of fused-ring (bicyclic) bond motifs is 2. The molecule has 122 valence electrons. The number of aliphatic hydroxyl groups excluding tert-OH is 1. The molecule has 3 nitrogen and oxygen atoms in total. The van der Waals surface area contributed by atoms with Gasteiger partial charge in [-0.1, -0.05) is 49.7 Å². The van der Waals surface area contributed by atoms with Gasteiger partial charge in [0.2, 0.25) is 0 Å². The molecule has 2 heterocycles. The molecule has 0 aliphatic heterocycles. The summed E-state index contributed by atoms with van der Waals surface area (Å²) in [5, 5.41) is 11.8. The molecule has 24 heavy (non-hydrogen) atoms. The van der Waals surface area contributed by atoms with Crippen molar-refractivity contribution in [2.45, 2.75) is 20.5 Å². The summed E-state index contributed by atoms with van der Waals surface area (Å²) >= 11 is 6.35. The minimum Gasteiger partial charge on any atom is -0.392 e. The fraction of sp³-hybridized carbons (Fsp3) is 0.150. The molecule has 0 fully saturated rings. The summed E-state index contributed by atoms with van der Waals surface area (Å²) in [5.74, 6) is 0. The number of halogens is 1. The Kier molecular flexibility index (Phi) is 4.84. The van der Waals surface area contributed by atoms with E-state index in [9.17, 15) is 5.11 Å². The van der Waals surface area contributed by atoms with Crippen LogP contribution in [0, 0.1) is 0 Å². The lowest BCUT2D eigenvalue weighted by Gasteiger charge is -2.04. The number of nitrogens with zero attached hydrogens (tertiary/aromatic N) is 1. The highest BCUT2D eigenvalue weighted by atomic mass is 35.5. The van der Waals surface area contributed by atoms with Gasteiger partial charge in [-0.2, -0.15) is 0 Å². The molecular weight excluding hydrogens is 320 g/mol. The molecule has 4 rings (SSSR count). The van der Waals surface area contributed by atoms with Crippen molar-refractivity contribution in [3.8, 4) is 11.3 Å². The van der Waals surface area contributed by atoms with Crippen LogP contribution in [0.15, 0.2) is 54.6 Å². The van der Waals surface area contributed by atoms with Crippen molar-refractivity contribution >= 4 is 33.4 Å². The number of aromatic amines is 1. The molecule has 0 amide bonds. The lowest BCUT2D eigenvalue weighted by molar-refractivity contribution is 0.282. The summed E-state index contributed by atoms with van der Waals surface area (Å²) in [7, 11) is 0. The first-order chi connectivity index (χ1) is 11.7. The monoisotopic (exact) mass is 338 g/mol. The third-order valence-corrected chi connectivity index (χ3v) is 4.12. The van der Waals surface area contributed by atoms with Gasteiger partial charge in [0.05, 0.1) is 12.1 Å². The highest BCUT2D eigenvalue weighted by molar-refractivity contribution is 6.32. The Labute approximate surface area is 145 Å².